The van der Waals surface area contributed by atoms with Crippen LogP contribution in [0.2, 0.25) is 0 Å². The molecule has 0 radical (unpaired) electrons. The molecule has 3 amide bonds. The summed E-state index contributed by atoms with van der Waals surface area (Å²) in [7, 11) is 1.57. The first-order valence-corrected chi connectivity index (χ1v) is 9.78. The predicted octanol–water partition coefficient (Wildman–Crippen LogP) is 1.75. The number of pyridine rings is 1. The second-order valence-corrected chi connectivity index (χ2v) is 7.32. The van der Waals surface area contributed by atoms with E-state index >= 15 is 0 Å². The number of piperidine rings is 1. The molecule has 156 valence electrons. The first-order valence-electron chi connectivity index (χ1n) is 9.78. The molecule has 10 heteroatoms. The van der Waals surface area contributed by atoms with Crippen LogP contribution >= 0.6 is 0 Å². The first-order chi connectivity index (χ1) is 15.0. The Morgan fingerprint density at radius 2 is 1.84 bits per heavy atom. The first kappa shape index (κ1) is 18.9. The quantitative estimate of drug-likeness (QED) is 0.594. The largest absolute Gasteiger partial charge is 0.495 e. The molecule has 1 saturated heterocycles. The fourth-order valence-electron chi connectivity index (χ4n) is 3.80. The third kappa shape index (κ3) is 3.21. The molecule has 0 saturated carbocycles. The zero-order valence-corrected chi connectivity index (χ0v) is 16.7. The van der Waals surface area contributed by atoms with Crippen LogP contribution in [0.25, 0.3) is 16.9 Å². The molecule has 0 N–H and O–H groups in total. The van der Waals surface area contributed by atoms with Crippen molar-refractivity contribution in [1.29, 1.82) is 0 Å². The van der Waals surface area contributed by atoms with E-state index < -0.39 is 0 Å². The number of nitrogens with zero attached hydrogens (tertiary/aromatic N) is 6. The van der Waals surface area contributed by atoms with Crippen molar-refractivity contribution < 1.29 is 19.1 Å². The monoisotopic (exact) mass is 418 g/mol. The van der Waals surface area contributed by atoms with Crippen molar-refractivity contribution in [2.75, 3.05) is 7.11 Å². The molecule has 31 heavy (non-hydrogen) atoms. The lowest BCUT2D eigenvalue weighted by Crippen LogP contribution is -2.51. The lowest BCUT2D eigenvalue weighted by molar-refractivity contribution is -0.163. The molecule has 5 rings (SSSR count). The van der Waals surface area contributed by atoms with Gasteiger partial charge in [-0.25, -0.2) is 9.69 Å². The van der Waals surface area contributed by atoms with E-state index in [1.54, 1.807) is 42.5 Å². The van der Waals surface area contributed by atoms with Crippen molar-refractivity contribution in [3.8, 4) is 22.7 Å². The van der Waals surface area contributed by atoms with Crippen molar-refractivity contribution in [3.63, 3.8) is 0 Å². The van der Waals surface area contributed by atoms with Gasteiger partial charge in [0.2, 0.25) is 11.8 Å². The van der Waals surface area contributed by atoms with Gasteiger partial charge in [-0.05, 0) is 36.2 Å². The van der Waals surface area contributed by atoms with Gasteiger partial charge in [0.25, 0.3) is 5.91 Å². The molecule has 2 aliphatic heterocycles. The van der Waals surface area contributed by atoms with Crippen molar-refractivity contribution >= 4 is 17.7 Å². The molecule has 0 aliphatic carbocycles. The van der Waals surface area contributed by atoms with Crippen LogP contribution in [-0.2, 0) is 16.1 Å². The van der Waals surface area contributed by atoms with Gasteiger partial charge in [-0.15, -0.1) is 5.10 Å². The molecule has 4 heterocycles. The standard InChI is InChI=1S/C21H18N6O4/c1-31-16-8-13(9-22-10-16)18-12-25(24-23-18)15-5-6-17-14(7-15)11-26(21(17)30)27-19(28)3-2-4-20(27)29/h5-10,12H,2-4,11H2,1H3. The van der Waals surface area contributed by atoms with Crippen molar-refractivity contribution in [3.05, 3.63) is 54.0 Å². The lowest BCUT2D eigenvalue weighted by atomic mass is 10.1. The van der Waals surface area contributed by atoms with E-state index in [4.69, 9.17) is 4.74 Å². The summed E-state index contributed by atoms with van der Waals surface area (Å²) in [5.74, 6) is -0.423. The maximum absolute atomic E-state index is 12.8. The molecule has 0 spiro atoms. The molecule has 0 atom stereocenters. The number of benzene rings is 1. The summed E-state index contributed by atoms with van der Waals surface area (Å²) in [6.07, 6.45) is 6.07. The van der Waals surface area contributed by atoms with Gasteiger partial charge in [0.15, 0.2) is 0 Å². The number of amides is 3. The SMILES string of the molecule is COc1cncc(-c2cn(-c3ccc4c(c3)CN(N3C(=O)CCCC3=O)C4=O)nn2)c1. The molecule has 10 nitrogen and oxygen atoms in total. The van der Waals surface area contributed by atoms with Crippen molar-refractivity contribution in [1.82, 2.24) is 30.0 Å². The van der Waals surface area contributed by atoms with Crippen LogP contribution < -0.4 is 4.74 Å². The highest BCUT2D eigenvalue weighted by atomic mass is 16.5. The maximum atomic E-state index is 12.8. The summed E-state index contributed by atoms with van der Waals surface area (Å²) in [4.78, 5) is 41.4. The second kappa shape index (κ2) is 7.31. The van der Waals surface area contributed by atoms with E-state index in [1.807, 2.05) is 12.1 Å². The summed E-state index contributed by atoms with van der Waals surface area (Å²) in [5, 5.41) is 10.6. The molecule has 3 aromatic rings. The third-order valence-electron chi connectivity index (χ3n) is 5.37. The van der Waals surface area contributed by atoms with Crippen LogP contribution in [0.5, 0.6) is 5.75 Å². The molecule has 0 bridgehead atoms. The summed E-state index contributed by atoms with van der Waals surface area (Å²) in [6.45, 7) is 0.154. The average molecular weight is 418 g/mol. The summed E-state index contributed by atoms with van der Waals surface area (Å²) in [6, 6.07) is 7.06. The number of ether oxygens (including phenoxy) is 1. The number of aromatic nitrogens is 4. The van der Waals surface area contributed by atoms with Gasteiger partial charge < -0.3 is 4.74 Å². The number of carbonyl (C=O) groups excluding carboxylic acids is 3. The van der Waals surface area contributed by atoms with Gasteiger partial charge in [0, 0.05) is 30.2 Å². The smallest absolute Gasteiger partial charge is 0.273 e. The van der Waals surface area contributed by atoms with E-state index in [9.17, 15) is 14.4 Å². The maximum Gasteiger partial charge on any atom is 0.273 e. The van der Waals surface area contributed by atoms with E-state index in [0.29, 0.717) is 34.7 Å². The van der Waals surface area contributed by atoms with Crippen molar-refractivity contribution in [2.45, 2.75) is 25.8 Å². The highest BCUT2D eigenvalue weighted by Gasteiger charge is 2.39. The fraction of sp³-hybridized carbons (Fsp3) is 0.238. The molecule has 1 fully saturated rings. The number of hydrazine groups is 1. The van der Waals surface area contributed by atoms with E-state index in [1.165, 1.54) is 5.01 Å². The van der Waals surface area contributed by atoms with Crippen LogP contribution in [0, 0.1) is 0 Å². The van der Waals surface area contributed by atoms with Gasteiger partial charge in [-0.2, -0.15) is 5.01 Å². The van der Waals surface area contributed by atoms with Gasteiger partial charge in [-0.1, -0.05) is 5.21 Å². The number of imide groups is 1. The Balaban J connectivity index is 1.43. The summed E-state index contributed by atoms with van der Waals surface area (Å²) < 4.78 is 6.79. The molecular weight excluding hydrogens is 400 g/mol. The number of methoxy groups -OCH3 is 1. The Morgan fingerprint density at radius 3 is 2.61 bits per heavy atom. The Bertz CT molecular complexity index is 1200. The van der Waals surface area contributed by atoms with E-state index in [2.05, 4.69) is 15.3 Å². The number of rotatable bonds is 4. The molecule has 0 unspecified atom stereocenters. The fourth-order valence-corrected chi connectivity index (χ4v) is 3.80. The van der Waals surface area contributed by atoms with Crippen LogP contribution in [0.3, 0.4) is 0 Å². The Hall–Kier alpha value is -4.08. The minimum atomic E-state index is -0.355. The number of carbonyl (C=O) groups is 3. The summed E-state index contributed by atoms with van der Waals surface area (Å²) >= 11 is 0. The van der Waals surface area contributed by atoms with Crippen LogP contribution in [-0.4, -0.2) is 54.8 Å². The number of hydrogen-bond donors (Lipinski definition) is 0. The van der Waals surface area contributed by atoms with Gasteiger partial charge in [0.1, 0.15) is 11.4 Å². The third-order valence-corrected chi connectivity index (χ3v) is 5.37. The minimum Gasteiger partial charge on any atom is -0.495 e. The molecular formula is C21H18N6O4. The van der Waals surface area contributed by atoms with Gasteiger partial charge >= 0.3 is 0 Å². The number of hydrogen-bond acceptors (Lipinski definition) is 7. The van der Waals surface area contributed by atoms with Crippen LogP contribution in [0.4, 0.5) is 0 Å². The Kier molecular flexibility index (Phi) is 4.46. The van der Waals surface area contributed by atoms with E-state index in [0.717, 1.165) is 10.6 Å². The van der Waals surface area contributed by atoms with Gasteiger partial charge in [-0.3, -0.25) is 19.4 Å². The zero-order valence-electron chi connectivity index (χ0n) is 16.7. The van der Waals surface area contributed by atoms with Gasteiger partial charge in [0.05, 0.1) is 31.7 Å². The molecule has 1 aromatic carbocycles. The van der Waals surface area contributed by atoms with Crippen LogP contribution in [0.15, 0.2) is 42.9 Å². The van der Waals surface area contributed by atoms with Crippen molar-refractivity contribution in [2.24, 2.45) is 0 Å². The highest BCUT2D eigenvalue weighted by molar-refractivity contribution is 6.04. The number of fused-ring (bicyclic) bond motifs is 1. The second-order valence-electron chi connectivity index (χ2n) is 7.32. The Labute approximate surface area is 177 Å². The topological polar surface area (TPSA) is 111 Å². The molecule has 2 aromatic heterocycles. The summed E-state index contributed by atoms with van der Waals surface area (Å²) in [5.41, 5.74) is 3.27. The zero-order chi connectivity index (χ0) is 21.5. The molecule has 2 aliphatic rings. The predicted molar refractivity (Wildman–Crippen MR) is 107 cm³/mol. The lowest BCUT2D eigenvalue weighted by Gasteiger charge is -2.32. The van der Waals surface area contributed by atoms with Crippen LogP contribution in [0.1, 0.15) is 35.2 Å². The van der Waals surface area contributed by atoms with E-state index in [-0.39, 0.29) is 37.1 Å². The highest BCUT2D eigenvalue weighted by Crippen LogP contribution is 2.29. The average Bonchev–Trinajstić information content (AvgIpc) is 3.39. The minimum absolute atomic E-state index is 0.154. The Morgan fingerprint density at radius 1 is 1.03 bits per heavy atom. The normalized spacial score (nSPS) is 16.1.